The number of esters is 1. The lowest BCUT2D eigenvalue weighted by molar-refractivity contribution is -0.144. The van der Waals surface area contributed by atoms with Crippen molar-refractivity contribution in [3.05, 3.63) is 23.8 Å². The Morgan fingerprint density at radius 1 is 0.913 bits per heavy atom. The molecule has 10 nitrogen and oxygen atoms in total. The Morgan fingerprint density at radius 3 is 2.09 bits per heavy atom. The van der Waals surface area contributed by atoms with Crippen molar-refractivity contribution in [3.63, 3.8) is 0 Å². The van der Waals surface area contributed by atoms with Crippen LogP contribution in [0.5, 0.6) is 5.75 Å². The maximum absolute atomic E-state index is 13.8. The number of imide groups is 1. The van der Waals surface area contributed by atoms with Crippen molar-refractivity contribution >= 4 is 35.3 Å². The Morgan fingerprint density at radius 2 is 1.52 bits per heavy atom. The monoisotopic (exact) mass is 641 g/mol. The molecule has 2 saturated heterocycles. The molecule has 0 bridgehead atoms. The summed E-state index contributed by atoms with van der Waals surface area (Å²) >= 11 is 0. The topological polar surface area (TPSA) is 122 Å². The number of hydrogen-bond donors (Lipinski definition) is 1. The summed E-state index contributed by atoms with van der Waals surface area (Å²) in [5, 5.41) is 2.67. The van der Waals surface area contributed by atoms with Gasteiger partial charge in [0, 0.05) is 12.0 Å². The van der Waals surface area contributed by atoms with Crippen molar-refractivity contribution in [2.45, 2.75) is 136 Å². The van der Waals surface area contributed by atoms with Gasteiger partial charge in [-0.3, -0.25) is 14.4 Å². The van der Waals surface area contributed by atoms with Crippen molar-refractivity contribution < 1.29 is 33.4 Å². The number of unbranched alkanes of at least 4 members (excludes halogenated alkanes) is 11. The maximum Gasteiger partial charge on any atom is 0.338 e. The first-order valence-electron chi connectivity index (χ1n) is 17.3. The molecule has 2 fully saturated rings. The summed E-state index contributed by atoms with van der Waals surface area (Å²) in [7, 11) is 1.42. The molecule has 4 amide bonds. The molecule has 0 aromatic heterocycles. The first-order chi connectivity index (χ1) is 22.0. The first-order valence-corrected chi connectivity index (χ1v) is 17.3. The molecule has 3 rings (SSSR count). The van der Waals surface area contributed by atoms with Crippen LogP contribution in [0, 0.1) is 5.41 Å². The predicted molar refractivity (Wildman–Crippen MR) is 178 cm³/mol. The van der Waals surface area contributed by atoms with E-state index in [1.165, 1.54) is 81.9 Å². The third-order valence-electron chi connectivity index (χ3n) is 8.90. The fraction of sp³-hybridized carbons (Fsp3) is 0.694. The van der Waals surface area contributed by atoms with Gasteiger partial charge in [-0.2, -0.15) is 0 Å². The number of piperidine rings is 1. The van der Waals surface area contributed by atoms with Crippen LogP contribution in [-0.2, 0) is 19.1 Å². The quantitative estimate of drug-likeness (QED) is 0.0728. The lowest BCUT2D eigenvalue weighted by atomic mass is 9.85. The largest absolute Gasteiger partial charge is 0.495 e. The molecule has 0 aliphatic carbocycles. The van der Waals surface area contributed by atoms with Gasteiger partial charge in [0.1, 0.15) is 11.8 Å². The Hall–Kier alpha value is -3.43. The van der Waals surface area contributed by atoms with E-state index in [9.17, 15) is 24.0 Å². The number of amides is 4. The second-order valence-corrected chi connectivity index (χ2v) is 13.6. The normalized spacial score (nSPS) is 17.1. The van der Waals surface area contributed by atoms with Crippen LogP contribution in [0.3, 0.4) is 0 Å². The smallest absolute Gasteiger partial charge is 0.338 e. The second kappa shape index (κ2) is 18.0. The summed E-state index contributed by atoms with van der Waals surface area (Å²) in [5.41, 5.74) is -0.676. The lowest BCUT2D eigenvalue weighted by Crippen LogP contribution is -2.55. The van der Waals surface area contributed by atoms with Gasteiger partial charge in [0.2, 0.25) is 0 Å². The van der Waals surface area contributed by atoms with Crippen LogP contribution in [0.1, 0.15) is 134 Å². The SMILES string of the molecule is CCCCCCCCCCCCCCOC(=O)c1ccc(OC)c(NC(=O)C(C(=O)C(C)(C)C)N2C(=O)C3CCCCN3C2=O)c1. The zero-order valence-corrected chi connectivity index (χ0v) is 28.7. The number of nitrogens with one attached hydrogen (secondary N) is 1. The molecule has 1 aromatic carbocycles. The Labute approximate surface area is 274 Å². The molecule has 46 heavy (non-hydrogen) atoms. The van der Waals surface area contributed by atoms with Gasteiger partial charge in [-0.15, -0.1) is 0 Å². The zero-order chi connectivity index (χ0) is 33.7. The summed E-state index contributed by atoms with van der Waals surface area (Å²) in [4.78, 5) is 69.2. The van der Waals surface area contributed by atoms with Gasteiger partial charge >= 0.3 is 12.0 Å². The van der Waals surface area contributed by atoms with Gasteiger partial charge < -0.3 is 19.7 Å². The number of rotatable bonds is 19. The third kappa shape index (κ3) is 10.0. The highest BCUT2D eigenvalue weighted by Crippen LogP contribution is 2.32. The molecule has 10 heteroatoms. The minimum absolute atomic E-state index is 0.135. The number of methoxy groups -OCH3 is 1. The van der Waals surface area contributed by atoms with Crippen molar-refractivity contribution in [2.75, 3.05) is 25.6 Å². The Kier molecular flexibility index (Phi) is 14.5. The molecule has 0 radical (unpaired) electrons. The minimum atomic E-state index is -1.67. The molecule has 2 aliphatic rings. The summed E-state index contributed by atoms with van der Waals surface area (Å²) in [6, 6.07) is 1.54. The lowest BCUT2D eigenvalue weighted by Gasteiger charge is -2.29. The van der Waals surface area contributed by atoms with E-state index in [1.807, 2.05) is 0 Å². The molecule has 2 heterocycles. The zero-order valence-electron chi connectivity index (χ0n) is 28.7. The molecule has 0 saturated carbocycles. The molecule has 2 unspecified atom stereocenters. The maximum atomic E-state index is 13.8. The Bertz CT molecular complexity index is 1180. The standard InChI is InChI=1S/C36H55N3O7/c1-6-7-8-9-10-11-12-13-14-15-16-19-24-46-34(43)26-21-22-29(45-5)27(25-26)37-32(41)30(31(40)36(2,3)4)39-33(42)28-20-17-18-23-38(28)35(39)44/h21-22,25,28,30H,6-20,23-24H2,1-5H3,(H,37,41). The number of Topliss-reactive ketones (excluding diaryl/α,β-unsaturated/α-hetero) is 1. The molecule has 256 valence electrons. The summed E-state index contributed by atoms with van der Waals surface area (Å²) in [6.07, 6.45) is 16.6. The molecular weight excluding hydrogens is 586 g/mol. The van der Waals surface area contributed by atoms with Gasteiger partial charge in [0.15, 0.2) is 11.8 Å². The predicted octanol–water partition coefficient (Wildman–Crippen LogP) is 7.29. The molecular formula is C36H55N3O7. The van der Waals surface area contributed by atoms with Crippen LogP contribution < -0.4 is 10.1 Å². The van der Waals surface area contributed by atoms with Crippen LogP contribution in [0.4, 0.5) is 10.5 Å². The van der Waals surface area contributed by atoms with Crippen LogP contribution in [0.25, 0.3) is 0 Å². The number of ether oxygens (including phenoxy) is 2. The number of fused-ring (bicyclic) bond motifs is 1. The number of hydrogen-bond acceptors (Lipinski definition) is 7. The first kappa shape index (κ1) is 37.0. The van der Waals surface area contributed by atoms with E-state index in [-0.39, 0.29) is 17.0 Å². The van der Waals surface area contributed by atoms with Crippen LogP contribution in [0.15, 0.2) is 18.2 Å². The van der Waals surface area contributed by atoms with Crippen molar-refractivity contribution in [3.8, 4) is 5.75 Å². The van der Waals surface area contributed by atoms with Crippen LogP contribution in [-0.4, -0.2) is 71.7 Å². The van der Waals surface area contributed by atoms with Gasteiger partial charge in [0.05, 0.1) is 25.0 Å². The molecule has 2 aliphatic heterocycles. The number of carbonyl (C=O) groups excluding carboxylic acids is 5. The van der Waals surface area contributed by atoms with E-state index in [2.05, 4.69) is 12.2 Å². The van der Waals surface area contributed by atoms with E-state index in [4.69, 9.17) is 9.47 Å². The molecule has 2 atom stereocenters. The number of ketones is 1. The van der Waals surface area contributed by atoms with Gasteiger partial charge in [-0.1, -0.05) is 98.3 Å². The minimum Gasteiger partial charge on any atom is -0.495 e. The fourth-order valence-corrected chi connectivity index (χ4v) is 6.14. The molecule has 1 aromatic rings. The summed E-state index contributed by atoms with van der Waals surface area (Å²) < 4.78 is 10.9. The average Bonchev–Trinajstić information content (AvgIpc) is 3.28. The van der Waals surface area contributed by atoms with Crippen LogP contribution in [0.2, 0.25) is 0 Å². The van der Waals surface area contributed by atoms with Crippen molar-refractivity contribution in [1.82, 2.24) is 9.80 Å². The van der Waals surface area contributed by atoms with Gasteiger partial charge in [0.25, 0.3) is 11.8 Å². The molecule has 0 spiro atoms. The van der Waals surface area contributed by atoms with E-state index >= 15 is 0 Å². The Balaban J connectivity index is 1.57. The van der Waals surface area contributed by atoms with Crippen molar-refractivity contribution in [2.24, 2.45) is 5.41 Å². The van der Waals surface area contributed by atoms with E-state index < -0.39 is 47.1 Å². The number of anilines is 1. The molecule has 1 N–H and O–H groups in total. The van der Waals surface area contributed by atoms with E-state index in [0.29, 0.717) is 19.6 Å². The highest BCUT2D eigenvalue weighted by atomic mass is 16.5. The summed E-state index contributed by atoms with van der Waals surface area (Å²) in [6.45, 7) is 7.86. The number of benzene rings is 1. The second-order valence-electron chi connectivity index (χ2n) is 13.6. The highest BCUT2D eigenvalue weighted by Gasteiger charge is 2.53. The van der Waals surface area contributed by atoms with Crippen molar-refractivity contribution in [1.29, 1.82) is 0 Å². The van der Waals surface area contributed by atoms with E-state index in [1.54, 1.807) is 26.8 Å². The fourth-order valence-electron chi connectivity index (χ4n) is 6.14. The summed E-state index contributed by atoms with van der Waals surface area (Å²) in [5.74, 6) is -2.23. The highest BCUT2D eigenvalue weighted by molar-refractivity contribution is 6.19. The van der Waals surface area contributed by atoms with Gasteiger partial charge in [-0.05, 0) is 43.9 Å². The average molecular weight is 642 g/mol. The number of urea groups is 1. The van der Waals surface area contributed by atoms with Gasteiger partial charge in [-0.25, -0.2) is 14.5 Å². The number of nitrogens with zero attached hydrogens (tertiary/aromatic N) is 2. The van der Waals surface area contributed by atoms with E-state index in [0.717, 1.165) is 37.0 Å². The number of carbonyl (C=O) groups is 5. The van der Waals surface area contributed by atoms with Crippen LogP contribution >= 0.6 is 0 Å². The third-order valence-corrected chi connectivity index (χ3v) is 8.90.